The second-order valence-corrected chi connectivity index (χ2v) is 7.13. The predicted molar refractivity (Wildman–Crippen MR) is 77.7 cm³/mol. The highest BCUT2D eigenvalue weighted by atomic mass is 79.9. The van der Waals surface area contributed by atoms with Crippen LogP contribution in [-0.2, 0) is 9.59 Å². The standard InChI is InChI=1S/C12H17BrN2O3S/c13-7(5-16)9(17)3-1-2-4-10-11-8(6-19-10)14-12(18)15-11/h5,7-8,10-11H,1-4,6H2,(H2,14,15,18)/t7?,8-,10-,11-/m0/s1. The number of thioether (sulfide) groups is 1. The van der Waals surface area contributed by atoms with Crippen LogP contribution in [0, 0.1) is 0 Å². The first-order valence-electron chi connectivity index (χ1n) is 6.42. The Balaban J connectivity index is 1.65. The molecule has 0 radical (unpaired) electrons. The van der Waals surface area contributed by atoms with E-state index in [9.17, 15) is 14.4 Å². The van der Waals surface area contributed by atoms with Crippen LogP contribution in [-0.4, -0.2) is 46.0 Å². The fourth-order valence-electron chi connectivity index (χ4n) is 2.50. The van der Waals surface area contributed by atoms with Crippen molar-refractivity contribution in [1.82, 2.24) is 10.6 Å². The van der Waals surface area contributed by atoms with Gasteiger partial charge in [0.05, 0.1) is 12.1 Å². The number of unbranched alkanes of at least 4 members (excludes halogenated alkanes) is 1. The number of halogens is 1. The highest BCUT2D eigenvalue weighted by Crippen LogP contribution is 2.33. The molecule has 0 aromatic rings. The number of urea groups is 1. The number of carbonyl (C=O) groups is 3. The number of fused-ring (bicyclic) bond motifs is 1. The third kappa shape index (κ3) is 3.72. The summed E-state index contributed by atoms with van der Waals surface area (Å²) < 4.78 is 0. The van der Waals surface area contributed by atoms with E-state index in [4.69, 9.17) is 0 Å². The summed E-state index contributed by atoms with van der Waals surface area (Å²) in [6.45, 7) is 0. The Labute approximate surface area is 124 Å². The largest absolute Gasteiger partial charge is 0.332 e. The smallest absolute Gasteiger partial charge is 0.315 e. The molecule has 0 saturated carbocycles. The second-order valence-electron chi connectivity index (χ2n) is 4.87. The molecule has 2 aliphatic heterocycles. The molecule has 2 saturated heterocycles. The van der Waals surface area contributed by atoms with E-state index in [0.717, 1.165) is 25.0 Å². The van der Waals surface area contributed by atoms with Gasteiger partial charge in [0.1, 0.15) is 11.1 Å². The molecule has 0 spiro atoms. The molecule has 2 rings (SSSR count). The number of hydrogen-bond donors (Lipinski definition) is 2. The average molecular weight is 349 g/mol. The second kappa shape index (κ2) is 6.74. The number of Topliss-reactive ketones (excluding diaryl/α,β-unsaturated/α-hetero) is 1. The monoisotopic (exact) mass is 348 g/mol. The summed E-state index contributed by atoms with van der Waals surface area (Å²) >= 11 is 4.91. The number of amides is 2. The first kappa shape index (κ1) is 14.8. The normalized spacial score (nSPS) is 30.4. The van der Waals surface area contributed by atoms with Crippen molar-refractivity contribution in [1.29, 1.82) is 0 Å². The van der Waals surface area contributed by atoms with Crippen molar-refractivity contribution in [2.24, 2.45) is 0 Å². The lowest BCUT2D eigenvalue weighted by Crippen LogP contribution is -2.36. The molecule has 2 N–H and O–H groups in total. The Kier molecular flexibility index (Phi) is 5.27. The van der Waals surface area contributed by atoms with Crippen molar-refractivity contribution in [2.45, 2.75) is 47.8 Å². The summed E-state index contributed by atoms with van der Waals surface area (Å²) in [5.41, 5.74) is 0. The summed E-state index contributed by atoms with van der Waals surface area (Å²) in [4.78, 5) is 32.4. The fourth-order valence-corrected chi connectivity index (χ4v) is 4.27. The summed E-state index contributed by atoms with van der Waals surface area (Å²) in [6, 6.07) is 0.418. The molecule has 2 heterocycles. The molecule has 2 amide bonds. The number of carbonyl (C=O) groups excluding carboxylic acids is 3. The molecular weight excluding hydrogens is 332 g/mol. The third-order valence-electron chi connectivity index (χ3n) is 3.53. The zero-order chi connectivity index (χ0) is 13.8. The van der Waals surface area contributed by atoms with Gasteiger partial charge in [0.2, 0.25) is 0 Å². The van der Waals surface area contributed by atoms with Crippen molar-refractivity contribution in [3.8, 4) is 0 Å². The lowest BCUT2D eigenvalue weighted by atomic mass is 10.0. The first-order chi connectivity index (χ1) is 9.11. The molecule has 2 aliphatic rings. The van der Waals surface area contributed by atoms with Crippen molar-refractivity contribution in [3.05, 3.63) is 0 Å². The Hall–Kier alpha value is -0.560. The van der Waals surface area contributed by atoms with E-state index in [-0.39, 0.29) is 23.9 Å². The molecule has 4 atom stereocenters. The fraction of sp³-hybridized carbons (Fsp3) is 0.750. The predicted octanol–water partition coefficient (Wildman–Crippen LogP) is 1.24. The van der Waals surface area contributed by atoms with Crippen molar-refractivity contribution in [3.63, 3.8) is 0 Å². The molecule has 19 heavy (non-hydrogen) atoms. The molecule has 0 aromatic carbocycles. The summed E-state index contributed by atoms with van der Waals surface area (Å²) in [5.74, 6) is 0.907. The minimum atomic E-state index is -0.656. The van der Waals surface area contributed by atoms with Crippen LogP contribution >= 0.6 is 27.7 Å². The van der Waals surface area contributed by atoms with Crippen molar-refractivity contribution in [2.75, 3.05) is 5.75 Å². The number of aldehydes is 1. The molecular formula is C12H17BrN2O3S. The zero-order valence-electron chi connectivity index (χ0n) is 10.4. The Morgan fingerprint density at radius 3 is 3.00 bits per heavy atom. The van der Waals surface area contributed by atoms with Crippen LogP contribution < -0.4 is 10.6 Å². The zero-order valence-corrected chi connectivity index (χ0v) is 12.8. The summed E-state index contributed by atoms with van der Waals surface area (Å²) in [5, 5.41) is 6.29. The maximum atomic E-state index is 11.4. The van der Waals surface area contributed by atoms with Crippen LogP contribution in [0.25, 0.3) is 0 Å². The minimum absolute atomic E-state index is 0.0530. The Bertz CT molecular complexity index is 380. The maximum Gasteiger partial charge on any atom is 0.315 e. The van der Waals surface area contributed by atoms with Gasteiger partial charge >= 0.3 is 6.03 Å². The van der Waals surface area contributed by atoms with E-state index < -0.39 is 4.83 Å². The third-order valence-corrected chi connectivity index (χ3v) is 5.76. The quantitative estimate of drug-likeness (QED) is 0.238. The van der Waals surface area contributed by atoms with Gasteiger partial charge in [-0.3, -0.25) is 4.79 Å². The van der Waals surface area contributed by atoms with Gasteiger partial charge in [-0.15, -0.1) is 0 Å². The SMILES string of the molecule is O=CC(Br)C(=O)CCCC[C@@H]1SC[C@@H]2NC(=O)N[C@@H]21. The topological polar surface area (TPSA) is 75.3 Å². The van der Waals surface area contributed by atoms with Gasteiger partial charge in [0.25, 0.3) is 0 Å². The van der Waals surface area contributed by atoms with Gasteiger partial charge < -0.3 is 15.4 Å². The minimum Gasteiger partial charge on any atom is -0.332 e. The van der Waals surface area contributed by atoms with E-state index in [1.54, 1.807) is 0 Å². The lowest BCUT2D eigenvalue weighted by Gasteiger charge is -2.16. The molecule has 5 nitrogen and oxygen atoms in total. The van der Waals surface area contributed by atoms with Crippen LogP contribution in [0.5, 0.6) is 0 Å². The van der Waals surface area contributed by atoms with Gasteiger partial charge in [-0.1, -0.05) is 22.4 Å². The number of rotatable bonds is 7. The first-order valence-corrected chi connectivity index (χ1v) is 8.39. The van der Waals surface area contributed by atoms with Gasteiger partial charge in [0.15, 0.2) is 5.78 Å². The van der Waals surface area contributed by atoms with Crippen LogP contribution in [0.4, 0.5) is 4.79 Å². The van der Waals surface area contributed by atoms with Crippen molar-refractivity contribution < 1.29 is 14.4 Å². The van der Waals surface area contributed by atoms with Crippen molar-refractivity contribution >= 4 is 45.8 Å². The molecule has 0 aliphatic carbocycles. The van der Waals surface area contributed by atoms with E-state index in [1.165, 1.54) is 0 Å². The number of nitrogens with one attached hydrogen (secondary N) is 2. The number of hydrogen-bond acceptors (Lipinski definition) is 4. The van der Waals surface area contributed by atoms with E-state index >= 15 is 0 Å². The molecule has 2 fully saturated rings. The number of ketones is 1. The average Bonchev–Trinajstić information content (AvgIpc) is 2.93. The van der Waals surface area contributed by atoms with E-state index in [0.29, 0.717) is 18.0 Å². The summed E-state index contributed by atoms with van der Waals surface area (Å²) in [6.07, 6.45) is 3.80. The lowest BCUT2D eigenvalue weighted by molar-refractivity contribution is -0.121. The van der Waals surface area contributed by atoms with Crippen LogP contribution in [0.1, 0.15) is 25.7 Å². The molecule has 7 heteroatoms. The summed E-state index contributed by atoms with van der Waals surface area (Å²) in [7, 11) is 0. The Morgan fingerprint density at radius 2 is 2.26 bits per heavy atom. The van der Waals surface area contributed by atoms with Gasteiger partial charge in [-0.2, -0.15) is 11.8 Å². The van der Waals surface area contributed by atoms with Gasteiger partial charge in [0, 0.05) is 17.4 Å². The van der Waals surface area contributed by atoms with Gasteiger partial charge in [-0.25, -0.2) is 4.79 Å². The highest BCUT2D eigenvalue weighted by Gasteiger charge is 2.42. The molecule has 0 aromatic heterocycles. The molecule has 0 bridgehead atoms. The van der Waals surface area contributed by atoms with Crippen LogP contribution in [0.2, 0.25) is 0 Å². The van der Waals surface area contributed by atoms with E-state index in [2.05, 4.69) is 26.6 Å². The van der Waals surface area contributed by atoms with Gasteiger partial charge in [-0.05, 0) is 12.8 Å². The highest BCUT2D eigenvalue weighted by molar-refractivity contribution is 9.10. The van der Waals surface area contributed by atoms with Crippen LogP contribution in [0.3, 0.4) is 0 Å². The number of alkyl halides is 1. The van der Waals surface area contributed by atoms with Crippen LogP contribution in [0.15, 0.2) is 0 Å². The molecule has 106 valence electrons. The Morgan fingerprint density at radius 1 is 1.47 bits per heavy atom. The maximum absolute atomic E-state index is 11.4. The van der Waals surface area contributed by atoms with E-state index in [1.807, 2.05) is 11.8 Å². The molecule has 1 unspecified atom stereocenters.